The van der Waals surface area contributed by atoms with E-state index in [2.05, 4.69) is 24.1 Å². The van der Waals surface area contributed by atoms with Crippen molar-refractivity contribution in [2.45, 2.75) is 32.5 Å². The maximum Gasteiger partial charge on any atom is 0.123 e. The number of rotatable bonds is 2. The van der Waals surface area contributed by atoms with E-state index < -0.39 is 0 Å². The molecule has 1 aromatic rings. The predicted octanol–water partition coefficient (Wildman–Crippen LogP) is 2.01. The van der Waals surface area contributed by atoms with Gasteiger partial charge in [-0.15, -0.1) is 0 Å². The minimum atomic E-state index is -0.145. The van der Waals surface area contributed by atoms with Gasteiger partial charge in [-0.25, -0.2) is 4.39 Å². The van der Waals surface area contributed by atoms with Crippen LogP contribution in [0, 0.1) is 5.82 Å². The van der Waals surface area contributed by atoms with E-state index in [4.69, 9.17) is 0 Å². The molecule has 0 bridgehead atoms. The smallest absolute Gasteiger partial charge is 0.123 e. The second kappa shape index (κ2) is 4.93. The molecule has 1 aliphatic heterocycles. The first kappa shape index (κ1) is 11.6. The Morgan fingerprint density at radius 1 is 1.31 bits per heavy atom. The second-order valence-corrected chi connectivity index (χ2v) is 4.79. The highest BCUT2D eigenvalue weighted by Crippen LogP contribution is 2.11. The SMILES string of the molecule is CC1CN(Cc2cccc(F)c2)CC(C)N1. The molecular formula is C13H19FN2. The van der Waals surface area contributed by atoms with Crippen LogP contribution in [0.3, 0.4) is 0 Å². The fourth-order valence-corrected chi connectivity index (χ4v) is 2.46. The summed E-state index contributed by atoms with van der Waals surface area (Å²) in [6, 6.07) is 7.90. The number of hydrogen-bond donors (Lipinski definition) is 1. The Balaban J connectivity index is 1.98. The van der Waals surface area contributed by atoms with Crippen LogP contribution in [0.5, 0.6) is 0 Å². The van der Waals surface area contributed by atoms with Gasteiger partial charge in [0.2, 0.25) is 0 Å². The fraction of sp³-hybridized carbons (Fsp3) is 0.538. The summed E-state index contributed by atoms with van der Waals surface area (Å²) in [4.78, 5) is 2.38. The van der Waals surface area contributed by atoms with E-state index >= 15 is 0 Å². The van der Waals surface area contributed by atoms with Crippen molar-refractivity contribution in [1.82, 2.24) is 10.2 Å². The molecule has 0 aliphatic carbocycles. The summed E-state index contributed by atoms with van der Waals surface area (Å²) < 4.78 is 13.0. The van der Waals surface area contributed by atoms with Gasteiger partial charge in [0.05, 0.1) is 0 Å². The second-order valence-electron chi connectivity index (χ2n) is 4.79. The quantitative estimate of drug-likeness (QED) is 0.823. The molecule has 0 radical (unpaired) electrons. The molecule has 1 fully saturated rings. The van der Waals surface area contributed by atoms with Crippen molar-refractivity contribution in [1.29, 1.82) is 0 Å². The van der Waals surface area contributed by atoms with Gasteiger partial charge in [0.25, 0.3) is 0 Å². The van der Waals surface area contributed by atoms with Crippen LogP contribution < -0.4 is 5.32 Å². The summed E-state index contributed by atoms with van der Waals surface area (Å²) in [5, 5.41) is 3.49. The Morgan fingerprint density at radius 2 is 2.00 bits per heavy atom. The monoisotopic (exact) mass is 222 g/mol. The van der Waals surface area contributed by atoms with Crippen LogP contribution in [0.4, 0.5) is 4.39 Å². The summed E-state index contributed by atoms with van der Waals surface area (Å²) >= 11 is 0. The van der Waals surface area contributed by atoms with Crippen molar-refractivity contribution in [3.8, 4) is 0 Å². The minimum absolute atomic E-state index is 0.145. The maximum absolute atomic E-state index is 13.0. The zero-order chi connectivity index (χ0) is 11.5. The third kappa shape index (κ3) is 3.03. The van der Waals surface area contributed by atoms with Gasteiger partial charge in [-0.2, -0.15) is 0 Å². The molecule has 2 rings (SSSR count). The summed E-state index contributed by atoms with van der Waals surface area (Å²) in [6.07, 6.45) is 0. The lowest BCUT2D eigenvalue weighted by molar-refractivity contribution is 0.166. The molecule has 0 spiro atoms. The fourth-order valence-electron chi connectivity index (χ4n) is 2.46. The van der Waals surface area contributed by atoms with E-state index in [-0.39, 0.29) is 5.82 Å². The summed E-state index contributed by atoms with van der Waals surface area (Å²) in [7, 11) is 0. The average molecular weight is 222 g/mol. The molecule has 3 heteroatoms. The molecule has 0 saturated carbocycles. The van der Waals surface area contributed by atoms with Gasteiger partial charge in [-0.05, 0) is 31.5 Å². The van der Waals surface area contributed by atoms with Gasteiger partial charge in [0.15, 0.2) is 0 Å². The Kier molecular flexibility index (Phi) is 3.56. The van der Waals surface area contributed by atoms with Crippen molar-refractivity contribution < 1.29 is 4.39 Å². The summed E-state index contributed by atoms with van der Waals surface area (Å²) in [6.45, 7) is 7.28. The lowest BCUT2D eigenvalue weighted by atomic mass is 10.1. The van der Waals surface area contributed by atoms with Crippen molar-refractivity contribution in [3.63, 3.8) is 0 Å². The van der Waals surface area contributed by atoms with E-state index in [0.29, 0.717) is 12.1 Å². The Labute approximate surface area is 96.5 Å². The Morgan fingerprint density at radius 3 is 2.62 bits per heavy atom. The van der Waals surface area contributed by atoms with Gasteiger partial charge in [-0.3, -0.25) is 4.90 Å². The lowest BCUT2D eigenvalue weighted by Crippen LogP contribution is -2.53. The third-order valence-corrected chi connectivity index (χ3v) is 2.93. The molecule has 2 nitrogen and oxygen atoms in total. The van der Waals surface area contributed by atoms with Gasteiger partial charge in [0, 0.05) is 31.7 Å². The van der Waals surface area contributed by atoms with E-state index in [0.717, 1.165) is 25.2 Å². The number of piperazine rings is 1. The van der Waals surface area contributed by atoms with Gasteiger partial charge in [-0.1, -0.05) is 12.1 Å². The molecule has 0 amide bonds. The number of nitrogens with zero attached hydrogens (tertiary/aromatic N) is 1. The zero-order valence-electron chi connectivity index (χ0n) is 9.91. The number of hydrogen-bond acceptors (Lipinski definition) is 2. The molecular weight excluding hydrogens is 203 g/mol. The highest BCUT2D eigenvalue weighted by molar-refractivity contribution is 5.16. The standard InChI is InChI=1S/C13H19FN2/c1-10-7-16(8-11(2)15-10)9-12-4-3-5-13(14)6-12/h3-6,10-11,15H,7-9H2,1-2H3. The molecule has 1 N–H and O–H groups in total. The molecule has 16 heavy (non-hydrogen) atoms. The largest absolute Gasteiger partial charge is 0.309 e. The highest BCUT2D eigenvalue weighted by Gasteiger charge is 2.20. The number of halogens is 1. The highest BCUT2D eigenvalue weighted by atomic mass is 19.1. The minimum Gasteiger partial charge on any atom is -0.309 e. The summed E-state index contributed by atoms with van der Waals surface area (Å²) in [5.74, 6) is -0.145. The van der Waals surface area contributed by atoms with Crippen molar-refractivity contribution in [2.24, 2.45) is 0 Å². The molecule has 2 atom stereocenters. The molecule has 2 unspecified atom stereocenters. The van der Waals surface area contributed by atoms with Crippen molar-refractivity contribution in [3.05, 3.63) is 35.6 Å². The normalized spacial score (nSPS) is 26.9. The van der Waals surface area contributed by atoms with Gasteiger partial charge >= 0.3 is 0 Å². The van der Waals surface area contributed by atoms with E-state index in [1.807, 2.05) is 6.07 Å². The van der Waals surface area contributed by atoms with Gasteiger partial charge < -0.3 is 5.32 Å². The van der Waals surface area contributed by atoms with Crippen LogP contribution in [0.2, 0.25) is 0 Å². The van der Waals surface area contributed by atoms with E-state index in [1.54, 1.807) is 12.1 Å². The number of benzene rings is 1. The average Bonchev–Trinajstić information content (AvgIpc) is 2.15. The van der Waals surface area contributed by atoms with Gasteiger partial charge in [0.1, 0.15) is 5.82 Å². The molecule has 1 aliphatic rings. The van der Waals surface area contributed by atoms with Crippen LogP contribution in [0.25, 0.3) is 0 Å². The van der Waals surface area contributed by atoms with Crippen molar-refractivity contribution in [2.75, 3.05) is 13.1 Å². The van der Waals surface area contributed by atoms with Crippen LogP contribution in [-0.2, 0) is 6.54 Å². The molecule has 0 aromatic heterocycles. The Hall–Kier alpha value is -0.930. The van der Waals surface area contributed by atoms with Crippen molar-refractivity contribution >= 4 is 0 Å². The van der Waals surface area contributed by atoms with E-state index in [1.165, 1.54) is 6.07 Å². The first-order chi connectivity index (χ1) is 7.63. The topological polar surface area (TPSA) is 15.3 Å². The maximum atomic E-state index is 13.0. The van der Waals surface area contributed by atoms with Crippen LogP contribution in [-0.4, -0.2) is 30.1 Å². The lowest BCUT2D eigenvalue weighted by Gasteiger charge is -2.36. The predicted molar refractivity (Wildman–Crippen MR) is 63.7 cm³/mol. The van der Waals surface area contributed by atoms with Crippen LogP contribution >= 0.6 is 0 Å². The molecule has 1 saturated heterocycles. The zero-order valence-corrected chi connectivity index (χ0v) is 9.91. The number of nitrogens with one attached hydrogen (secondary N) is 1. The summed E-state index contributed by atoms with van der Waals surface area (Å²) in [5.41, 5.74) is 1.06. The molecule has 1 aromatic carbocycles. The molecule has 88 valence electrons. The Bertz CT molecular complexity index is 344. The first-order valence-electron chi connectivity index (χ1n) is 5.86. The van der Waals surface area contributed by atoms with Crippen LogP contribution in [0.1, 0.15) is 19.4 Å². The van der Waals surface area contributed by atoms with Crippen LogP contribution in [0.15, 0.2) is 24.3 Å². The molecule has 1 heterocycles. The first-order valence-corrected chi connectivity index (χ1v) is 5.86. The van der Waals surface area contributed by atoms with E-state index in [9.17, 15) is 4.39 Å². The third-order valence-electron chi connectivity index (χ3n) is 2.93.